The minimum atomic E-state index is 0. The molecule has 144 valence electrons. The van der Waals surface area contributed by atoms with E-state index in [2.05, 4.69) is 57.8 Å². The Morgan fingerprint density at radius 1 is 1.15 bits per heavy atom. The van der Waals surface area contributed by atoms with Crippen LogP contribution >= 0.6 is 24.0 Å². The van der Waals surface area contributed by atoms with Crippen LogP contribution in [0.4, 0.5) is 0 Å². The van der Waals surface area contributed by atoms with Crippen molar-refractivity contribution in [1.82, 2.24) is 15.5 Å². The number of carbonyl (C=O) groups is 1. The van der Waals surface area contributed by atoms with Gasteiger partial charge in [-0.2, -0.15) is 0 Å². The van der Waals surface area contributed by atoms with E-state index in [-0.39, 0.29) is 29.9 Å². The van der Waals surface area contributed by atoms with Gasteiger partial charge in [-0.25, -0.2) is 0 Å². The highest BCUT2D eigenvalue weighted by Gasteiger charge is 2.17. The topological polar surface area (TPSA) is 56.7 Å². The van der Waals surface area contributed by atoms with Crippen LogP contribution in [0.1, 0.15) is 38.2 Å². The monoisotopic (exact) mass is 470 g/mol. The highest BCUT2D eigenvalue weighted by Crippen LogP contribution is 2.19. The summed E-state index contributed by atoms with van der Waals surface area (Å²) in [4.78, 5) is 18.3. The van der Waals surface area contributed by atoms with Crippen molar-refractivity contribution in [3.8, 4) is 0 Å². The van der Waals surface area contributed by atoms with Crippen molar-refractivity contribution in [2.45, 2.75) is 32.6 Å². The number of carbonyl (C=O) groups excluding carboxylic acids is 1. The van der Waals surface area contributed by atoms with Gasteiger partial charge in [0.15, 0.2) is 5.96 Å². The summed E-state index contributed by atoms with van der Waals surface area (Å²) in [6.07, 6.45) is 5.84. The lowest BCUT2D eigenvalue weighted by molar-refractivity contribution is -0.120. The summed E-state index contributed by atoms with van der Waals surface area (Å²) in [7, 11) is 1.80. The lowest BCUT2D eigenvalue weighted by atomic mass is 10.0. The molecule has 0 spiro atoms. The van der Waals surface area contributed by atoms with E-state index in [1.165, 1.54) is 11.1 Å². The Morgan fingerprint density at radius 3 is 2.46 bits per heavy atom. The summed E-state index contributed by atoms with van der Waals surface area (Å²) in [6, 6.07) is 10.5. The lowest BCUT2D eigenvalue weighted by Gasteiger charge is -2.31. The van der Waals surface area contributed by atoms with Gasteiger partial charge in [-0.15, -0.1) is 24.0 Å². The van der Waals surface area contributed by atoms with Gasteiger partial charge in [-0.3, -0.25) is 9.79 Å². The predicted octanol–water partition coefficient (Wildman–Crippen LogP) is 3.28. The van der Waals surface area contributed by atoms with Gasteiger partial charge in [0.25, 0.3) is 0 Å². The third-order valence-electron chi connectivity index (χ3n) is 4.29. The zero-order valence-electron chi connectivity index (χ0n) is 15.8. The molecule has 1 aliphatic rings. The first-order valence-corrected chi connectivity index (χ1v) is 9.19. The molecule has 0 unspecified atom stereocenters. The molecule has 0 bridgehead atoms. The standard InChI is InChI=1S/C20H30N4O.HI/c1-3-12-22-19(25)9-13-23-20(21-2)24-14-10-18(11-15-24)16-17-7-5-4-6-8-17;/h4-8,16H,3,9-15H2,1-2H3,(H,21,23)(H,22,25);1H. The molecular weight excluding hydrogens is 439 g/mol. The third kappa shape index (κ3) is 7.76. The van der Waals surface area contributed by atoms with E-state index >= 15 is 0 Å². The van der Waals surface area contributed by atoms with Crippen LogP contribution in [0, 0.1) is 0 Å². The van der Waals surface area contributed by atoms with Crippen molar-refractivity contribution in [3.05, 3.63) is 41.5 Å². The number of nitrogens with one attached hydrogen (secondary N) is 2. The number of piperidine rings is 1. The molecule has 0 saturated carbocycles. The minimum absolute atomic E-state index is 0. The first-order valence-electron chi connectivity index (χ1n) is 9.19. The van der Waals surface area contributed by atoms with Crippen molar-refractivity contribution in [1.29, 1.82) is 0 Å². The molecule has 1 amide bonds. The number of benzene rings is 1. The summed E-state index contributed by atoms with van der Waals surface area (Å²) in [5.74, 6) is 0.985. The van der Waals surface area contributed by atoms with Gasteiger partial charge in [0.2, 0.25) is 5.91 Å². The van der Waals surface area contributed by atoms with Crippen LogP contribution in [0.25, 0.3) is 6.08 Å². The molecule has 1 aromatic rings. The van der Waals surface area contributed by atoms with Crippen molar-refractivity contribution >= 4 is 41.9 Å². The Morgan fingerprint density at radius 2 is 1.85 bits per heavy atom. The molecule has 0 radical (unpaired) electrons. The fraction of sp³-hybridized carbons (Fsp3) is 0.500. The molecule has 6 heteroatoms. The molecule has 0 aromatic heterocycles. The first-order chi connectivity index (χ1) is 12.2. The Hall–Kier alpha value is -1.57. The minimum Gasteiger partial charge on any atom is -0.356 e. The molecule has 1 heterocycles. The third-order valence-corrected chi connectivity index (χ3v) is 4.29. The van der Waals surface area contributed by atoms with E-state index in [0.717, 1.165) is 44.9 Å². The lowest BCUT2D eigenvalue weighted by Crippen LogP contribution is -2.45. The van der Waals surface area contributed by atoms with Crippen molar-refractivity contribution in [2.75, 3.05) is 33.2 Å². The second-order valence-electron chi connectivity index (χ2n) is 6.27. The fourth-order valence-electron chi connectivity index (χ4n) is 2.91. The first kappa shape index (κ1) is 22.5. The maximum Gasteiger partial charge on any atom is 0.221 e. The van der Waals surface area contributed by atoms with Gasteiger partial charge in [0.1, 0.15) is 0 Å². The van der Waals surface area contributed by atoms with Crippen molar-refractivity contribution in [3.63, 3.8) is 0 Å². The summed E-state index contributed by atoms with van der Waals surface area (Å²) in [5, 5.41) is 6.20. The molecule has 2 N–H and O–H groups in total. The van der Waals surface area contributed by atoms with E-state index in [9.17, 15) is 4.79 Å². The van der Waals surface area contributed by atoms with E-state index in [0.29, 0.717) is 13.0 Å². The van der Waals surface area contributed by atoms with Gasteiger partial charge < -0.3 is 15.5 Å². The van der Waals surface area contributed by atoms with Crippen molar-refractivity contribution in [2.24, 2.45) is 4.99 Å². The Balaban J connectivity index is 0.00000338. The molecule has 1 aliphatic heterocycles. The SMILES string of the molecule is CCCNC(=O)CCNC(=NC)N1CCC(=Cc2ccccc2)CC1.I. The molecule has 0 aliphatic carbocycles. The molecule has 1 aromatic carbocycles. The molecular formula is C20H31IN4O. The molecule has 0 atom stereocenters. The summed E-state index contributed by atoms with van der Waals surface area (Å²) < 4.78 is 0. The van der Waals surface area contributed by atoms with Crippen LogP contribution in [0.3, 0.4) is 0 Å². The van der Waals surface area contributed by atoms with Gasteiger partial charge >= 0.3 is 0 Å². The van der Waals surface area contributed by atoms with Gasteiger partial charge in [-0.1, -0.05) is 48.9 Å². The van der Waals surface area contributed by atoms with E-state index in [4.69, 9.17) is 0 Å². The second-order valence-corrected chi connectivity index (χ2v) is 6.27. The second kappa shape index (κ2) is 12.7. The Labute approximate surface area is 174 Å². The summed E-state index contributed by atoms with van der Waals surface area (Å²) >= 11 is 0. The number of amides is 1. The summed E-state index contributed by atoms with van der Waals surface area (Å²) in [5.41, 5.74) is 2.75. The zero-order valence-corrected chi connectivity index (χ0v) is 18.2. The van der Waals surface area contributed by atoms with Crippen LogP contribution in [-0.4, -0.2) is 50.0 Å². The Bertz CT molecular complexity index is 591. The van der Waals surface area contributed by atoms with E-state index in [1.807, 2.05) is 6.07 Å². The molecule has 1 saturated heterocycles. The van der Waals surface area contributed by atoms with Crippen LogP contribution in [0.5, 0.6) is 0 Å². The fourth-order valence-corrected chi connectivity index (χ4v) is 2.91. The quantitative estimate of drug-likeness (QED) is 0.381. The maximum absolute atomic E-state index is 11.7. The number of hydrogen-bond acceptors (Lipinski definition) is 2. The number of guanidine groups is 1. The van der Waals surface area contributed by atoms with Crippen LogP contribution < -0.4 is 10.6 Å². The Kier molecular flexibility index (Phi) is 11.0. The number of halogens is 1. The van der Waals surface area contributed by atoms with Crippen LogP contribution in [-0.2, 0) is 4.79 Å². The smallest absolute Gasteiger partial charge is 0.221 e. The predicted molar refractivity (Wildman–Crippen MR) is 120 cm³/mol. The average Bonchev–Trinajstić information content (AvgIpc) is 2.65. The average molecular weight is 470 g/mol. The maximum atomic E-state index is 11.7. The largest absolute Gasteiger partial charge is 0.356 e. The van der Waals surface area contributed by atoms with Crippen molar-refractivity contribution < 1.29 is 4.79 Å². The van der Waals surface area contributed by atoms with E-state index in [1.54, 1.807) is 7.05 Å². The summed E-state index contributed by atoms with van der Waals surface area (Å²) in [6.45, 7) is 5.33. The molecule has 5 nitrogen and oxygen atoms in total. The number of rotatable bonds is 6. The number of aliphatic imine (C=N–C) groups is 1. The highest BCUT2D eigenvalue weighted by atomic mass is 127. The zero-order chi connectivity index (χ0) is 17.9. The van der Waals surface area contributed by atoms with Gasteiger partial charge in [0, 0.05) is 39.6 Å². The number of hydrogen-bond donors (Lipinski definition) is 2. The van der Waals surface area contributed by atoms with Crippen LogP contribution in [0.15, 0.2) is 40.9 Å². The molecule has 2 rings (SSSR count). The van der Waals surface area contributed by atoms with Crippen LogP contribution in [0.2, 0.25) is 0 Å². The van der Waals surface area contributed by atoms with Gasteiger partial charge in [-0.05, 0) is 24.8 Å². The highest BCUT2D eigenvalue weighted by molar-refractivity contribution is 14.0. The molecule has 1 fully saturated rings. The molecule has 26 heavy (non-hydrogen) atoms. The number of likely N-dealkylation sites (tertiary alicyclic amines) is 1. The normalized spacial score (nSPS) is 14.5. The van der Waals surface area contributed by atoms with E-state index < -0.39 is 0 Å². The number of nitrogens with zero attached hydrogens (tertiary/aromatic N) is 2. The van der Waals surface area contributed by atoms with Gasteiger partial charge in [0.05, 0.1) is 0 Å².